The molecule has 0 amide bonds. The van der Waals surface area contributed by atoms with Crippen molar-refractivity contribution in [2.75, 3.05) is 26.3 Å². The standard InChI is InChI=1S/C24H30N6O2.HI/c1-2-23-29-27-18-30(23)15-13-25-24(26-14-17-31-19-8-4-3-5-9-19)28-21-12-16-32-22-11-7-6-10-20(21)22;/h3-11,18,21H,2,12-17H2,1H3,(H2,25,26,28);1H. The van der Waals surface area contributed by atoms with Gasteiger partial charge in [0.15, 0.2) is 5.96 Å². The van der Waals surface area contributed by atoms with E-state index in [1.54, 1.807) is 6.33 Å². The van der Waals surface area contributed by atoms with Gasteiger partial charge in [0.05, 0.1) is 25.7 Å². The average molecular weight is 562 g/mol. The number of benzene rings is 2. The molecule has 0 radical (unpaired) electrons. The Balaban J connectivity index is 0.00000306. The Morgan fingerprint density at radius 3 is 2.85 bits per heavy atom. The first kappa shape index (κ1) is 24.8. The van der Waals surface area contributed by atoms with Gasteiger partial charge in [0.25, 0.3) is 0 Å². The van der Waals surface area contributed by atoms with E-state index in [2.05, 4.69) is 33.8 Å². The molecule has 0 saturated heterocycles. The van der Waals surface area contributed by atoms with Gasteiger partial charge in [-0.3, -0.25) is 4.99 Å². The summed E-state index contributed by atoms with van der Waals surface area (Å²) in [6, 6.07) is 18.1. The van der Waals surface area contributed by atoms with Crippen molar-refractivity contribution in [3.8, 4) is 11.5 Å². The molecule has 2 heterocycles. The quantitative estimate of drug-likeness (QED) is 0.180. The van der Waals surface area contributed by atoms with Crippen LogP contribution in [0.15, 0.2) is 65.9 Å². The van der Waals surface area contributed by atoms with E-state index in [0.717, 1.165) is 48.2 Å². The Morgan fingerprint density at radius 1 is 1.18 bits per heavy atom. The third kappa shape index (κ3) is 7.08. The molecule has 1 atom stereocenters. The highest BCUT2D eigenvalue weighted by Crippen LogP contribution is 2.31. The number of nitrogens with zero attached hydrogens (tertiary/aromatic N) is 4. The van der Waals surface area contributed by atoms with E-state index in [0.29, 0.717) is 26.3 Å². The molecule has 0 aliphatic carbocycles. The van der Waals surface area contributed by atoms with Crippen LogP contribution in [-0.4, -0.2) is 47.0 Å². The van der Waals surface area contributed by atoms with Crippen LogP contribution in [0.5, 0.6) is 11.5 Å². The van der Waals surface area contributed by atoms with E-state index in [-0.39, 0.29) is 30.0 Å². The van der Waals surface area contributed by atoms with Gasteiger partial charge in [-0.1, -0.05) is 43.3 Å². The Bertz CT molecular complexity index is 1010. The summed E-state index contributed by atoms with van der Waals surface area (Å²) in [5, 5.41) is 15.1. The zero-order chi connectivity index (χ0) is 22.0. The van der Waals surface area contributed by atoms with Crippen molar-refractivity contribution in [2.45, 2.75) is 32.4 Å². The maximum atomic E-state index is 5.81. The summed E-state index contributed by atoms with van der Waals surface area (Å²) >= 11 is 0. The lowest BCUT2D eigenvalue weighted by Crippen LogP contribution is -2.42. The molecule has 176 valence electrons. The molecule has 0 fully saturated rings. The summed E-state index contributed by atoms with van der Waals surface area (Å²) in [6.45, 7) is 5.28. The smallest absolute Gasteiger partial charge is 0.191 e. The molecule has 1 unspecified atom stereocenters. The molecule has 1 aliphatic rings. The monoisotopic (exact) mass is 562 g/mol. The summed E-state index contributed by atoms with van der Waals surface area (Å²) < 4.78 is 13.7. The molecule has 0 spiro atoms. The fraction of sp³-hybridized carbons (Fsp3) is 0.375. The van der Waals surface area contributed by atoms with E-state index in [1.165, 1.54) is 0 Å². The van der Waals surface area contributed by atoms with Gasteiger partial charge < -0.3 is 24.7 Å². The second-order valence-corrected chi connectivity index (χ2v) is 7.48. The van der Waals surface area contributed by atoms with Crippen molar-refractivity contribution in [3.05, 3.63) is 72.3 Å². The van der Waals surface area contributed by atoms with Crippen LogP contribution >= 0.6 is 24.0 Å². The first-order valence-corrected chi connectivity index (χ1v) is 11.1. The van der Waals surface area contributed by atoms with Gasteiger partial charge in [-0.2, -0.15) is 0 Å². The summed E-state index contributed by atoms with van der Waals surface area (Å²) in [4.78, 5) is 4.81. The molecule has 8 nitrogen and oxygen atoms in total. The van der Waals surface area contributed by atoms with E-state index >= 15 is 0 Å². The van der Waals surface area contributed by atoms with E-state index < -0.39 is 0 Å². The molecule has 2 N–H and O–H groups in total. The summed E-state index contributed by atoms with van der Waals surface area (Å²) in [6.07, 6.45) is 3.49. The minimum Gasteiger partial charge on any atom is -0.493 e. The van der Waals surface area contributed by atoms with Gasteiger partial charge in [0, 0.05) is 24.9 Å². The number of guanidine groups is 1. The fourth-order valence-electron chi connectivity index (χ4n) is 3.67. The van der Waals surface area contributed by atoms with Crippen molar-refractivity contribution >= 4 is 29.9 Å². The van der Waals surface area contributed by atoms with Crippen molar-refractivity contribution in [1.29, 1.82) is 0 Å². The van der Waals surface area contributed by atoms with Crippen molar-refractivity contribution < 1.29 is 9.47 Å². The molecular formula is C24H31IN6O2. The number of hydrogen-bond donors (Lipinski definition) is 2. The summed E-state index contributed by atoms with van der Waals surface area (Å²) in [5.41, 5.74) is 1.15. The first-order valence-electron chi connectivity index (χ1n) is 11.1. The van der Waals surface area contributed by atoms with Crippen LogP contribution < -0.4 is 20.1 Å². The van der Waals surface area contributed by atoms with E-state index in [1.807, 2.05) is 53.1 Å². The molecular weight excluding hydrogens is 531 g/mol. The van der Waals surface area contributed by atoms with Crippen LogP contribution in [0.3, 0.4) is 0 Å². The number of halogens is 1. The minimum atomic E-state index is 0. The number of nitrogens with one attached hydrogen (secondary N) is 2. The normalized spacial score (nSPS) is 15.1. The first-order chi connectivity index (χ1) is 15.8. The number of aryl methyl sites for hydroxylation is 1. The summed E-state index contributed by atoms with van der Waals surface area (Å²) in [7, 11) is 0. The summed E-state index contributed by atoms with van der Waals surface area (Å²) in [5.74, 6) is 3.52. The number of rotatable bonds is 9. The second kappa shape index (κ2) is 13.0. The van der Waals surface area contributed by atoms with E-state index in [4.69, 9.17) is 14.5 Å². The van der Waals surface area contributed by atoms with Crippen LogP contribution in [0.2, 0.25) is 0 Å². The molecule has 33 heavy (non-hydrogen) atoms. The van der Waals surface area contributed by atoms with Crippen LogP contribution in [0.25, 0.3) is 0 Å². The van der Waals surface area contributed by atoms with Gasteiger partial charge in [0.2, 0.25) is 0 Å². The number of fused-ring (bicyclic) bond motifs is 1. The Labute approximate surface area is 211 Å². The molecule has 3 aromatic rings. The molecule has 0 bridgehead atoms. The maximum absolute atomic E-state index is 5.81. The predicted octanol–water partition coefficient (Wildman–Crippen LogP) is 3.60. The lowest BCUT2D eigenvalue weighted by Gasteiger charge is -2.28. The van der Waals surface area contributed by atoms with Gasteiger partial charge >= 0.3 is 0 Å². The topological polar surface area (TPSA) is 85.6 Å². The molecule has 1 aliphatic heterocycles. The van der Waals surface area contributed by atoms with Crippen molar-refractivity contribution in [2.24, 2.45) is 4.99 Å². The highest BCUT2D eigenvalue weighted by molar-refractivity contribution is 14.0. The van der Waals surface area contributed by atoms with Crippen molar-refractivity contribution in [1.82, 2.24) is 25.4 Å². The van der Waals surface area contributed by atoms with Gasteiger partial charge in [0.1, 0.15) is 30.3 Å². The number of para-hydroxylation sites is 2. The van der Waals surface area contributed by atoms with Crippen molar-refractivity contribution in [3.63, 3.8) is 0 Å². The number of ether oxygens (including phenoxy) is 2. The highest BCUT2D eigenvalue weighted by atomic mass is 127. The molecule has 1 aromatic heterocycles. The number of aliphatic imine (C=N–C) groups is 1. The molecule has 9 heteroatoms. The van der Waals surface area contributed by atoms with Gasteiger partial charge in [-0.05, 0) is 18.2 Å². The van der Waals surface area contributed by atoms with Crippen LogP contribution in [-0.2, 0) is 13.0 Å². The van der Waals surface area contributed by atoms with E-state index in [9.17, 15) is 0 Å². The molecule has 0 saturated carbocycles. The Morgan fingerprint density at radius 2 is 2.00 bits per heavy atom. The number of aromatic nitrogens is 3. The zero-order valence-electron chi connectivity index (χ0n) is 18.8. The lowest BCUT2D eigenvalue weighted by molar-refractivity contribution is 0.261. The third-order valence-electron chi connectivity index (χ3n) is 5.30. The Kier molecular flexibility index (Phi) is 9.79. The predicted molar refractivity (Wildman–Crippen MR) is 139 cm³/mol. The molecule has 2 aromatic carbocycles. The maximum Gasteiger partial charge on any atom is 0.191 e. The lowest BCUT2D eigenvalue weighted by atomic mass is 10.0. The second-order valence-electron chi connectivity index (χ2n) is 7.48. The zero-order valence-corrected chi connectivity index (χ0v) is 21.1. The van der Waals surface area contributed by atoms with Crippen LogP contribution in [0, 0.1) is 0 Å². The molecule has 4 rings (SSSR count). The largest absolute Gasteiger partial charge is 0.493 e. The van der Waals surface area contributed by atoms with Gasteiger partial charge in [-0.15, -0.1) is 34.2 Å². The van der Waals surface area contributed by atoms with Gasteiger partial charge in [-0.25, -0.2) is 0 Å². The number of hydrogen-bond acceptors (Lipinski definition) is 5. The SMILES string of the molecule is CCc1nncn1CCN=C(NCCOc1ccccc1)NC1CCOc2ccccc21.I. The highest BCUT2D eigenvalue weighted by Gasteiger charge is 2.21. The third-order valence-corrected chi connectivity index (χ3v) is 5.30. The Hall–Kier alpha value is -2.82. The average Bonchev–Trinajstić information content (AvgIpc) is 3.30. The van der Waals surface area contributed by atoms with Crippen LogP contribution in [0.1, 0.15) is 30.8 Å². The van der Waals surface area contributed by atoms with Crippen LogP contribution in [0.4, 0.5) is 0 Å². The minimum absolute atomic E-state index is 0. The fourth-order valence-corrected chi connectivity index (χ4v) is 3.67.